The van der Waals surface area contributed by atoms with Gasteiger partial charge >= 0.3 is 0 Å². The molecule has 120 valence electrons. The van der Waals surface area contributed by atoms with Crippen LogP contribution in [0.15, 0.2) is 45.5 Å². The number of rotatable bonds is 5. The first kappa shape index (κ1) is 17.4. The van der Waals surface area contributed by atoms with Gasteiger partial charge in [0.05, 0.1) is 9.23 Å². The number of nitrogens with one attached hydrogen (secondary N) is 1. The minimum absolute atomic E-state index is 0.136. The zero-order valence-corrected chi connectivity index (χ0v) is 15.0. The molecule has 0 bridgehead atoms. The molecule has 0 unspecified atom stereocenters. The molecular formula is C13H14ClNO4S3. The van der Waals surface area contributed by atoms with Crippen molar-refractivity contribution in [3.05, 3.63) is 46.3 Å². The van der Waals surface area contributed by atoms with Crippen molar-refractivity contribution in [3.8, 4) is 0 Å². The third-order valence-corrected chi connectivity index (χ3v) is 7.35. The monoisotopic (exact) mass is 379 g/mol. The summed E-state index contributed by atoms with van der Waals surface area (Å²) < 4.78 is 50.3. The third-order valence-electron chi connectivity index (χ3n) is 2.95. The normalized spacial score (nSPS) is 14.0. The molecule has 0 spiro atoms. The lowest BCUT2D eigenvalue weighted by molar-refractivity contribution is 0.568. The number of hydrogen-bond donors (Lipinski definition) is 1. The molecule has 0 saturated carbocycles. The summed E-state index contributed by atoms with van der Waals surface area (Å²) in [5, 5.41) is 0. The molecule has 0 amide bonds. The van der Waals surface area contributed by atoms with Crippen molar-refractivity contribution in [2.45, 2.75) is 22.1 Å². The Morgan fingerprint density at radius 3 is 2.09 bits per heavy atom. The molecule has 0 aliphatic rings. The second-order valence-electron chi connectivity index (χ2n) is 4.74. The van der Waals surface area contributed by atoms with E-state index >= 15 is 0 Å². The topological polar surface area (TPSA) is 80.3 Å². The molecule has 22 heavy (non-hydrogen) atoms. The maximum atomic E-state index is 12.2. The lowest BCUT2D eigenvalue weighted by Crippen LogP contribution is -2.26. The molecule has 1 aromatic carbocycles. The van der Waals surface area contributed by atoms with Gasteiger partial charge in [-0.1, -0.05) is 23.7 Å². The Hall–Kier alpha value is -0.930. The SMILES string of the molecule is C[C@H](NS(=O)(=O)c1ccc(Cl)s1)c1ccc(S(C)(=O)=O)cc1. The molecule has 1 aromatic heterocycles. The quantitative estimate of drug-likeness (QED) is 0.866. The molecule has 0 fully saturated rings. The summed E-state index contributed by atoms with van der Waals surface area (Å²) >= 11 is 6.72. The molecule has 0 radical (unpaired) electrons. The van der Waals surface area contributed by atoms with Gasteiger partial charge in [0.15, 0.2) is 9.84 Å². The van der Waals surface area contributed by atoms with E-state index in [0.29, 0.717) is 9.90 Å². The van der Waals surface area contributed by atoms with Crippen molar-refractivity contribution in [2.75, 3.05) is 6.26 Å². The molecule has 0 aliphatic carbocycles. The summed E-state index contributed by atoms with van der Waals surface area (Å²) in [5.74, 6) is 0. The second kappa shape index (κ2) is 6.29. The fraction of sp³-hybridized carbons (Fsp3) is 0.231. The van der Waals surface area contributed by atoms with Crippen LogP contribution in [0, 0.1) is 0 Å². The van der Waals surface area contributed by atoms with Gasteiger partial charge in [-0.25, -0.2) is 21.6 Å². The van der Waals surface area contributed by atoms with Gasteiger partial charge < -0.3 is 0 Å². The van der Waals surface area contributed by atoms with Crippen LogP contribution in [-0.4, -0.2) is 23.1 Å². The lowest BCUT2D eigenvalue weighted by Gasteiger charge is -2.14. The van der Waals surface area contributed by atoms with Gasteiger partial charge in [-0.05, 0) is 36.8 Å². The van der Waals surface area contributed by atoms with Crippen LogP contribution in [0.4, 0.5) is 0 Å². The molecular weight excluding hydrogens is 366 g/mol. The minimum Gasteiger partial charge on any atom is -0.224 e. The van der Waals surface area contributed by atoms with Crippen LogP contribution in [0.3, 0.4) is 0 Å². The highest BCUT2D eigenvalue weighted by atomic mass is 35.5. The van der Waals surface area contributed by atoms with Crippen LogP contribution >= 0.6 is 22.9 Å². The summed E-state index contributed by atoms with van der Waals surface area (Å²) in [4.78, 5) is 0.191. The van der Waals surface area contributed by atoms with E-state index in [4.69, 9.17) is 11.6 Å². The molecule has 1 heterocycles. The van der Waals surface area contributed by atoms with Crippen molar-refractivity contribution >= 4 is 42.8 Å². The molecule has 2 rings (SSSR count). The number of halogens is 1. The molecule has 0 aliphatic heterocycles. The average molecular weight is 380 g/mol. The standard InChI is InChI=1S/C13H14ClNO4S3/c1-9(10-3-5-11(6-4-10)21(2,16)17)15-22(18,19)13-8-7-12(14)20-13/h3-9,15H,1-2H3/t9-/m0/s1. The zero-order valence-electron chi connectivity index (χ0n) is 11.8. The Morgan fingerprint density at radius 2 is 1.64 bits per heavy atom. The van der Waals surface area contributed by atoms with Crippen molar-refractivity contribution in [1.29, 1.82) is 0 Å². The average Bonchev–Trinajstić information content (AvgIpc) is 2.85. The van der Waals surface area contributed by atoms with Crippen LogP contribution in [0.5, 0.6) is 0 Å². The van der Waals surface area contributed by atoms with Gasteiger partial charge in [0.1, 0.15) is 4.21 Å². The van der Waals surface area contributed by atoms with Gasteiger partial charge in [0, 0.05) is 12.3 Å². The number of benzene rings is 1. The molecule has 1 N–H and O–H groups in total. The number of thiophene rings is 1. The summed E-state index contributed by atoms with van der Waals surface area (Å²) in [7, 11) is -6.93. The molecule has 2 aromatic rings. The Balaban J connectivity index is 2.20. The van der Waals surface area contributed by atoms with Crippen LogP contribution < -0.4 is 4.72 Å². The van der Waals surface area contributed by atoms with Crippen molar-refractivity contribution in [3.63, 3.8) is 0 Å². The van der Waals surface area contributed by atoms with Crippen LogP contribution in [0.25, 0.3) is 0 Å². The number of sulfone groups is 1. The van der Waals surface area contributed by atoms with Crippen LogP contribution in [0.1, 0.15) is 18.5 Å². The van der Waals surface area contributed by atoms with Gasteiger partial charge in [-0.15, -0.1) is 11.3 Å². The zero-order chi connectivity index (χ0) is 16.5. The van der Waals surface area contributed by atoms with E-state index < -0.39 is 25.9 Å². The van der Waals surface area contributed by atoms with E-state index in [0.717, 1.165) is 17.6 Å². The van der Waals surface area contributed by atoms with Gasteiger partial charge in [-0.2, -0.15) is 0 Å². The van der Waals surface area contributed by atoms with Gasteiger partial charge in [0.2, 0.25) is 0 Å². The van der Waals surface area contributed by atoms with Crippen LogP contribution in [0.2, 0.25) is 4.34 Å². The molecule has 0 saturated heterocycles. The highest BCUT2D eigenvalue weighted by molar-refractivity contribution is 7.91. The Labute approximate surface area is 138 Å². The van der Waals surface area contributed by atoms with E-state index in [2.05, 4.69) is 4.72 Å². The molecule has 9 heteroatoms. The highest BCUT2D eigenvalue weighted by Gasteiger charge is 2.20. The predicted octanol–water partition coefficient (Wildman–Crippen LogP) is 2.84. The van der Waals surface area contributed by atoms with Crippen LogP contribution in [-0.2, 0) is 19.9 Å². The fourth-order valence-electron chi connectivity index (χ4n) is 1.80. The van der Waals surface area contributed by atoms with Crippen molar-refractivity contribution < 1.29 is 16.8 Å². The van der Waals surface area contributed by atoms with Gasteiger partial charge in [0.25, 0.3) is 10.0 Å². The second-order valence-corrected chi connectivity index (χ2v) is 10.4. The number of sulfonamides is 1. The highest BCUT2D eigenvalue weighted by Crippen LogP contribution is 2.27. The maximum absolute atomic E-state index is 12.2. The van der Waals surface area contributed by atoms with Gasteiger partial charge in [-0.3, -0.25) is 0 Å². The fourth-order valence-corrected chi connectivity index (χ4v) is 5.17. The largest absolute Gasteiger partial charge is 0.250 e. The van der Waals surface area contributed by atoms with E-state index in [1.54, 1.807) is 19.1 Å². The summed E-state index contributed by atoms with van der Waals surface area (Å²) in [6.07, 6.45) is 1.12. The predicted molar refractivity (Wildman–Crippen MR) is 87.6 cm³/mol. The van der Waals surface area contributed by atoms with E-state index in [1.165, 1.54) is 24.3 Å². The number of hydrogen-bond acceptors (Lipinski definition) is 5. The van der Waals surface area contributed by atoms with E-state index in [-0.39, 0.29) is 9.10 Å². The van der Waals surface area contributed by atoms with Crippen molar-refractivity contribution in [1.82, 2.24) is 4.72 Å². The summed E-state index contributed by atoms with van der Waals surface area (Å²) in [5.41, 5.74) is 0.665. The minimum atomic E-state index is -3.66. The first-order chi connectivity index (χ1) is 10.1. The van der Waals surface area contributed by atoms with E-state index in [1.807, 2.05) is 0 Å². The summed E-state index contributed by atoms with van der Waals surface area (Å²) in [6.45, 7) is 1.68. The lowest BCUT2D eigenvalue weighted by atomic mass is 10.1. The molecule has 5 nitrogen and oxygen atoms in total. The van der Waals surface area contributed by atoms with Crippen molar-refractivity contribution in [2.24, 2.45) is 0 Å². The molecule has 1 atom stereocenters. The Kier molecular flexibility index (Phi) is 4.98. The Morgan fingerprint density at radius 1 is 1.05 bits per heavy atom. The Bertz CT molecular complexity index is 870. The smallest absolute Gasteiger partial charge is 0.224 e. The first-order valence-corrected chi connectivity index (χ1v) is 10.7. The summed E-state index contributed by atoms with van der Waals surface area (Å²) in [6, 6.07) is 8.55. The van der Waals surface area contributed by atoms with E-state index in [9.17, 15) is 16.8 Å². The maximum Gasteiger partial charge on any atom is 0.250 e. The third kappa shape index (κ3) is 4.08. The first-order valence-electron chi connectivity index (χ1n) is 6.17.